The number of rotatable bonds is 2. The van der Waals surface area contributed by atoms with Gasteiger partial charge in [-0.3, -0.25) is 9.89 Å². The van der Waals surface area contributed by atoms with E-state index in [4.69, 9.17) is 0 Å². The molecule has 1 amide bonds. The summed E-state index contributed by atoms with van der Waals surface area (Å²) in [5.41, 5.74) is 1.23. The number of aromatic nitrogens is 2. The van der Waals surface area contributed by atoms with E-state index in [1.165, 1.54) is 6.07 Å². The standard InChI is InChI=1S/C14H9F2N3O/c15-10-5-4-8(6-11(10)16)14(20)18-12-3-1-2-9-7-17-19-13(9)12/h1-7H,(H,17,19)(H,18,20). The third kappa shape index (κ3) is 2.11. The molecule has 0 fully saturated rings. The van der Waals surface area contributed by atoms with Crippen LogP contribution in [0, 0.1) is 11.6 Å². The average Bonchev–Trinajstić information content (AvgIpc) is 2.91. The number of carbonyl (C=O) groups excluding carboxylic acids is 1. The molecule has 3 rings (SSSR count). The molecule has 4 nitrogen and oxygen atoms in total. The molecule has 2 aromatic carbocycles. The lowest BCUT2D eigenvalue weighted by molar-refractivity contribution is 0.102. The monoisotopic (exact) mass is 273 g/mol. The minimum Gasteiger partial charge on any atom is -0.320 e. The Morgan fingerprint density at radius 2 is 2.00 bits per heavy atom. The number of nitrogens with zero attached hydrogens (tertiary/aromatic N) is 1. The fourth-order valence-electron chi connectivity index (χ4n) is 1.90. The highest BCUT2D eigenvalue weighted by Gasteiger charge is 2.11. The maximum absolute atomic E-state index is 13.1. The Bertz CT molecular complexity index is 798. The van der Waals surface area contributed by atoms with E-state index in [9.17, 15) is 13.6 Å². The quantitative estimate of drug-likeness (QED) is 0.753. The normalized spacial score (nSPS) is 10.7. The molecule has 20 heavy (non-hydrogen) atoms. The molecular formula is C14H9F2N3O. The molecule has 0 aliphatic rings. The zero-order chi connectivity index (χ0) is 14.1. The van der Waals surface area contributed by atoms with Gasteiger partial charge in [0.15, 0.2) is 11.6 Å². The van der Waals surface area contributed by atoms with E-state index >= 15 is 0 Å². The minimum atomic E-state index is -1.06. The summed E-state index contributed by atoms with van der Waals surface area (Å²) in [7, 11) is 0. The van der Waals surface area contributed by atoms with Crippen molar-refractivity contribution in [1.29, 1.82) is 0 Å². The van der Waals surface area contributed by atoms with E-state index < -0.39 is 17.5 Å². The highest BCUT2D eigenvalue weighted by Crippen LogP contribution is 2.21. The van der Waals surface area contributed by atoms with Crippen LogP contribution >= 0.6 is 0 Å². The smallest absolute Gasteiger partial charge is 0.255 e. The highest BCUT2D eigenvalue weighted by atomic mass is 19.2. The van der Waals surface area contributed by atoms with Gasteiger partial charge in [0.05, 0.1) is 17.4 Å². The topological polar surface area (TPSA) is 57.8 Å². The summed E-state index contributed by atoms with van der Waals surface area (Å²) in [5.74, 6) is -2.57. The van der Waals surface area contributed by atoms with E-state index in [0.29, 0.717) is 11.2 Å². The van der Waals surface area contributed by atoms with E-state index in [-0.39, 0.29) is 5.56 Å². The molecule has 3 aromatic rings. The van der Waals surface area contributed by atoms with Crippen LogP contribution in [0.1, 0.15) is 10.4 Å². The molecule has 0 bridgehead atoms. The van der Waals surface area contributed by atoms with E-state index in [0.717, 1.165) is 17.5 Å². The van der Waals surface area contributed by atoms with Crippen molar-refractivity contribution in [2.45, 2.75) is 0 Å². The molecule has 0 atom stereocenters. The van der Waals surface area contributed by atoms with Gasteiger partial charge in [-0.1, -0.05) is 12.1 Å². The predicted octanol–water partition coefficient (Wildman–Crippen LogP) is 3.09. The number of para-hydroxylation sites is 1. The number of carbonyl (C=O) groups is 1. The summed E-state index contributed by atoms with van der Waals surface area (Å²) in [5, 5.41) is 10.1. The first-order chi connectivity index (χ1) is 9.65. The Hall–Kier alpha value is -2.76. The molecule has 0 saturated carbocycles. The zero-order valence-electron chi connectivity index (χ0n) is 10.2. The van der Waals surface area contributed by atoms with Crippen molar-refractivity contribution in [3.05, 3.63) is 59.8 Å². The summed E-state index contributed by atoms with van der Waals surface area (Å²) in [6.07, 6.45) is 1.63. The molecule has 0 aliphatic heterocycles. The van der Waals surface area contributed by atoms with Crippen LogP contribution in [0.5, 0.6) is 0 Å². The van der Waals surface area contributed by atoms with Crippen LogP contribution in [0.4, 0.5) is 14.5 Å². The van der Waals surface area contributed by atoms with Gasteiger partial charge in [-0.2, -0.15) is 5.10 Å². The van der Waals surface area contributed by atoms with Crippen LogP contribution < -0.4 is 5.32 Å². The van der Waals surface area contributed by atoms with E-state index in [1.807, 2.05) is 6.07 Å². The summed E-state index contributed by atoms with van der Waals surface area (Å²) in [6.45, 7) is 0. The molecule has 1 heterocycles. The summed E-state index contributed by atoms with van der Waals surface area (Å²) < 4.78 is 25.9. The van der Waals surface area contributed by atoms with Gasteiger partial charge in [-0.05, 0) is 24.3 Å². The van der Waals surface area contributed by atoms with Gasteiger partial charge in [0.25, 0.3) is 5.91 Å². The van der Waals surface area contributed by atoms with E-state index in [1.54, 1.807) is 18.3 Å². The molecule has 1 aromatic heterocycles. The van der Waals surface area contributed by atoms with Gasteiger partial charge in [0.1, 0.15) is 0 Å². The number of nitrogens with one attached hydrogen (secondary N) is 2. The van der Waals surface area contributed by atoms with Crippen LogP contribution in [-0.4, -0.2) is 16.1 Å². The van der Waals surface area contributed by atoms with Crippen LogP contribution in [0.3, 0.4) is 0 Å². The van der Waals surface area contributed by atoms with Crippen LogP contribution in [0.2, 0.25) is 0 Å². The van der Waals surface area contributed by atoms with Crippen molar-refractivity contribution in [1.82, 2.24) is 10.2 Å². The second kappa shape index (κ2) is 4.73. The minimum absolute atomic E-state index is 0.0421. The van der Waals surface area contributed by atoms with Crippen molar-refractivity contribution in [3.63, 3.8) is 0 Å². The number of hydrogen-bond acceptors (Lipinski definition) is 2. The van der Waals surface area contributed by atoms with Crippen LogP contribution in [0.25, 0.3) is 10.9 Å². The van der Waals surface area contributed by atoms with E-state index in [2.05, 4.69) is 15.5 Å². The van der Waals surface area contributed by atoms with Crippen molar-refractivity contribution in [2.75, 3.05) is 5.32 Å². The highest BCUT2D eigenvalue weighted by molar-refractivity contribution is 6.08. The lowest BCUT2D eigenvalue weighted by Crippen LogP contribution is -2.12. The Kier molecular flexibility index (Phi) is 2.90. The van der Waals surface area contributed by atoms with Gasteiger partial charge in [-0.25, -0.2) is 8.78 Å². The molecule has 100 valence electrons. The van der Waals surface area contributed by atoms with Crippen molar-refractivity contribution in [3.8, 4) is 0 Å². The van der Waals surface area contributed by atoms with Gasteiger partial charge in [0, 0.05) is 10.9 Å². The third-order valence-electron chi connectivity index (χ3n) is 2.91. The summed E-state index contributed by atoms with van der Waals surface area (Å²) in [4.78, 5) is 12.0. The number of fused-ring (bicyclic) bond motifs is 1. The molecule has 0 radical (unpaired) electrons. The fourth-order valence-corrected chi connectivity index (χ4v) is 1.90. The second-order valence-electron chi connectivity index (χ2n) is 4.22. The Balaban J connectivity index is 1.92. The molecule has 0 unspecified atom stereocenters. The van der Waals surface area contributed by atoms with Gasteiger partial charge < -0.3 is 5.32 Å². The first-order valence-electron chi connectivity index (χ1n) is 5.83. The number of benzene rings is 2. The number of anilines is 1. The fraction of sp³-hybridized carbons (Fsp3) is 0. The molecule has 0 saturated heterocycles. The molecule has 0 aliphatic carbocycles. The number of H-pyrrole nitrogens is 1. The molecule has 0 spiro atoms. The third-order valence-corrected chi connectivity index (χ3v) is 2.91. The van der Waals surface area contributed by atoms with Crippen LogP contribution in [0.15, 0.2) is 42.6 Å². The van der Waals surface area contributed by atoms with Gasteiger partial charge in [0.2, 0.25) is 0 Å². The number of amides is 1. The van der Waals surface area contributed by atoms with Crippen molar-refractivity contribution < 1.29 is 13.6 Å². The maximum Gasteiger partial charge on any atom is 0.255 e. The van der Waals surface area contributed by atoms with Crippen LogP contribution in [-0.2, 0) is 0 Å². The Morgan fingerprint density at radius 1 is 1.15 bits per heavy atom. The van der Waals surface area contributed by atoms with Gasteiger partial charge >= 0.3 is 0 Å². The SMILES string of the molecule is O=C(Nc1cccc2cn[nH]c12)c1ccc(F)c(F)c1. The molecular weight excluding hydrogens is 264 g/mol. The molecule has 6 heteroatoms. The summed E-state index contributed by atoms with van der Waals surface area (Å²) >= 11 is 0. The lowest BCUT2D eigenvalue weighted by atomic mass is 10.2. The summed E-state index contributed by atoms with van der Waals surface area (Å²) in [6, 6.07) is 8.29. The van der Waals surface area contributed by atoms with Crippen molar-refractivity contribution in [2.24, 2.45) is 0 Å². The molecule has 2 N–H and O–H groups in total. The zero-order valence-corrected chi connectivity index (χ0v) is 10.2. The Morgan fingerprint density at radius 3 is 2.80 bits per heavy atom. The number of aromatic amines is 1. The second-order valence-corrected chi connectivity index (χ2v) is 4.22. The van der Waals surface area contributed by atoms with Gasteiger partial charge in [-0.15, -0.1) is 0 Å². The lowest BCUT2D eigenvalue weighted by Gasteiger charge is -2.06. The largest absolute Gasteiger partial charge is 0.320 e. The maximum atomic E-state index is 13.1. The first-order valence-corrected chi connectivity index (χ1v) is 5.83. The van der Waals surface area contributed by atoms with Crippen molar-refractivity contribution >= 4 is 22.5 Å². The Labute approximate surface area is 112 Å². The average molecular weight is 273 g/mol. The number of hydrogen-bond donors (Lipinski definition) is 2. The first kappa shape index (κ1) is 12.3. The number of halogens is 2. The predicted molar refractivity (Wildman–Crippen MR) is 70.4 cm³/mol.